The summed E-state index contributed by atoms with van der Waals surface area (Å²) in [7, 11) is 0. The molecule has 3 rings (SSSR count). The van der Waals surface area contributed by atoms with Crippen LogP contribution in [0.1, 0.15) is 36.6 Å². The zero-order chi connectivity index (χ0) is 23.1. The number of nitrogens with one attached hydrogen (secondary N) is 3. The van der Waals surface area contributed by atoms with E-state index in [-0.39, 0.29) is 24.6 Å². The lowest BCUT2D eigenvalue weighted by Gasteiger charge is -2.12. The Balaban J connectivity index is 1.95. The number of anilines is 1. The standard InChI is InChI=1S/C24H23N3O5/c1-15-2-4-17(5-3-15)23(30)26-21-13-19(12-20(14-21)22(29)25-10-11-28)16-6-8-18(9-7-16)24(31)27-32/h2-9,12-14,28,32H,10-11H2,1H3,(H,25,29)(H,26,30)(H,27,31). The fourth-order valence-electron chi connectivity index (χ4n) is 3.06. The first-order valence-corrected chi connectivity index (χ1v) is 9.88. The Hall–Kier alpha value is -4.01. The Kier molecular flexibility index (Phi) is 7.33. The summed E-state index contributed by atoms with van der Waals surface area (Å²) in [6.45, 7) is 1.83. The first-order valence-electron chi connectivity index (χ1n) is 9.88. The summed E-state index contributed by atoms with van der Waals surface area (Å²) >= 11 is 0. The highest BCUT2D eigenvalue weighted by Gasteiger charge is 2.13. The van der Waals surface area contributed by atoms with E-state index >= 15 is 0 Å². The zero-order valence-corrected chi connectivity index (χ0v) is 17.4. The largest absolute Gasteiger partial charge is 0.395 e. The maximum Gasteiger partial charge on any atom is 0.274 e. The van der Waals surface area contributed by atoms with Gasteiger partial charge in [0.2, 0.25) is 0 Å². The minimum absolute atomic E-state index is 0.0963. The Morgan fingerprint density at radius 1 is 0.750 bits per heavy atom. The maximum atomic E-state index is 12.7. The lowest BCUT2D eigenvalue weighted by atomic mass is 10.00. The number of aliphatic hydroxyl groups excluding tert-OH is 1. The topological polar surface area (TPSA) is 128 Å². The molecule has 0 radical (unpaired) electrons. The third-order valence-corrected chi connectivity index (χ3v) is 4.75. The Bertz CT molecular complexity index is 1130. The molecule has 0 spiro atoms. The molecule has 164 valence electrons. The van der Waals surface area contributed by atoms with Gasteiger partial charge in [0.05, 0.1) is 6.61 Å². The molecule has 0 saturated heterocycles. The number of amides is 3. The number of hydroxylamine groups is 1. The van der Waals surface area contributed by atoms with Gasteiger partial charge in [-0.15, -0.1) is 0 Å². The molecule has 0 aliphatic carbocycles. The molecule has 0 aliphatic rings. The van der Waals surface area contributed by atoms with Gasteiger partial charge in [0, 0.05) is 28.9 Å². The fourth-order valence-corrected chi connectivity index (χ4v) is 3.06. The van der Waals surface area contributed by atoms with Crippen molar-refractivity contribution in [3.05, 3.63) is 89.0 Å². The fraction of sp³-hybridized carbons (Fsp3) is 0.125. The van der Waals surface area contributed by atoms with Crippen LogP contribution in [0.5, 0.6) is 0 Å². The average Bonchev–Trinajstić information content (AvgIpc) is 2.82. The second kappa shape index (κ2) is 10.3. The van der Waals surface area contributed by atoms with Gasteiger partial charge < -0.3 is 15.7 Å². The van der Waals surface area contributed by atoms with Crippen molar-refractivity contribution >= 4 is 23.4 Å². The van der Waals surface area contributed by atoms with E-state index in [1.54, 1.807) is 47.9 Å². The van der Waals surface area contributed by atoms with E-state index in [0.717, 1.165) is 5.56 Å². The molecule has 3 amide bonds. The summed E-state index contributed by atoms with van der Waals surface area (Å²) in [5, 5.41) is 23.2. The first kappa shape index (κ1) is 22.7. The highest BCUT2D eigenvalue weighted by molar-refractivity contribution is 6.06. The van der Waals surface area contributed by atoms with Crippen LogP contribution in [0.4, 0.5) is 5.69 Å². The van der Waals surface area contributed by atoms with Gasteiger partial charge >= 0.3 is 0 Å². The molecule has 0 atom stereocenters. The molecule has 0 aromatic heterocycles. The van der Waals surface area contributed by atoms with Crippen molar-refractivity contribution in [3.63, 3.8) is 0 Å². The van der Waals surface area contributed by atoms with Crippen molar-refractivity contribution in [2.45, 2.75) is 6.92 Å². The van der Waals surface area contributed by atoms with Gasteiger partial charge in [-0.1, -0.05) is 29.8 Å². The quantitative estimate of drug-likeness (QED) is 0.289. The molecule has 5 N–H and O–H groups in total. The molecule has 8 heteroatoms. The molecule has 3 aromatic rings. The number of hydrogen-bond acceptors (Lipinski definition) is 5. The van der Waals surface area contributed by atoms with E-state index in [4.69, 9.17) is 10.3 Å². The predicted octanol–water partition coefficient (Wildman–Crippen LogP) is 2.76. The second-order valence-corrected chi connectivity index (χ2v) is 7.12. The number of carbonyl (C=O) groups is 3. The number of hydrogen-bond donors (Lipinski definition) is 5. The number of aliphatic hydroxyl groups is 1. The third-order valence-electron chi connectivity index (χ3n) is 4.75. The van der Waals surface area contributed by atoms with Crippen molar-refractivity contribution in [2.75, 3.05) is 18.5 Å². The highest BCUT2D eigenvalue weighted by atomic mass is 16.5. The minimum Gasteiger partial charge on any atom is -0.395 e. The number of carbonyl (C=O) groups excluding carboxylic acids is 3. The van der Waals surface area contributed by atoms with Crippen molar-refractivity contribution in [2.24, 2.45) is 0 Å². The van der Waals surface area contributed by atoms with E-state index in [9.17, 15) is 14.4 Å². The van der Waals surface area contributed by atoms with Crippen LogP contribution in [0.2, 0.25) is 0 Å². The van der Waals surface area contributed by atoms with Gasteiger partial charge in [-0.2, -0.15) is 0 Å². The summed E-state index contributed by atoms with van der Waals surface area (Å²) in [6, 6.07) is 18.4. The Morgan fingerprint density at radius 2 is 1.38 bits per heavy atom. The molecule has 8 nitrogen and oxygen atoms in total. The van der Waals surface area contributed by atoms with Gasteiger partial charge in [0.25, 0.3) is 17.7 Å². The van der Waals surface area contributed by atoms with Gasteiger partial charge in [-0.05, 0) is 60.5 Å². The van der Waals surface area contributed by atoms with Gasteiger partial charge in [0.15, 0.2) is 0 Å². The molecule has 0 bridgehead atoms. The molecule has 0 heterocycles. The van der Waals surface area contributed by atoms with Crippen LogP contribution in [0.15, 0.2) is 66.7 Å². The monoisotopic (exact) mass is 433 g/mol. The van der Waals surface area contributed by atoms with E-state index < -0.39 is 11.8 Å². The number of aryl methyl sites for hydroxylation is 1. The van der Waals surface area contributed by atoms with Crippen LogP contribution in [0, 0.1) is 6.92 Å². The highest BCUT2D eigenvalue weighted by Crippen LogP contribution is 2.26. The summed E-state index contributed by atoms with van der Waals surface area (Å²) in [4.78, 5) is 36.7. The van der Waals surface area contributed by atoms with Crippen LogP contribution in [-0.4, -0.2) is 41.2 Å². The number of benzene rings is 3. The summed E-state index contributed by atoms with van der Waals surface area (Å²) in [5.41, 5.74) is 5.40. The molecule has 0 saturated carbocycles. The van der Waals surface area contributed by atoms with Gasteiger partial charge in [0.1, 0.15) is 0 Å². The normalized spacial score (nSPS) is 10.3. The summed E-state index contributed by atoms with van der Waals surface area (Å²) in [5.74, 6) is -1.36. The summed E-state index contributed by atoms with van der Waals surface area (Å²) < 4.78 is 0. The third kappa shape index (κ3) is 5.57. The minimum atomic E-state index is -0.639. The van der Waals surface area contributed by atoms with Crippen LogP contribution in [-0.2, 0) is 0 Å². The van der Waals surface area contributed by atoms with Crippen molar-refractivity contribution < 1.29 is 24.7 Å². The molecular weight excluding hydrogens is 410 g/mol. The van der Waals surface area contributed by atoms with E-state index in [0.29, 0.717) is 27.9 Å². The number of rotatable bonds is 7. The van der Waals surface area contributed by atoms with Gasteiger partial charge in [-0.25, -0.2) is 5.48 Å². The molecule has 0 aliphatic heterocycles. The lowest BCUT2D eigenvalue weighted by molar-refractivity contribution is 0.0706. The predicted molar refractivity (Wildman–Crippen MR) is 120 cm³/mol. The van der Waals surface area contributed by atoms with Crippen LogP contribution >= 0.6 is 0 Å². The van der Waals surface area contributed by atoms with E-state index in [1.165, 1.54) is 12.1 Å². The molecule has 0 unspecified atom stereocenters. The van der Waals surface area contributed by atoms with Crippen molar-refractivity contribution in [1.29, 1.82) is 0 Å². The Morgan fingerprint density at radius 3 is 2.00 bits per heavy atom. The molecular formula is C24H23N3O5. The molecule has 3 aromatic carbocycles. The van der Waals surface area contributed by atoms with Crippen molar-refractivity contribution in [1.82, 2.24) is 10.8 Å². The molecule has 32 heavy (non-hydrogen) atoms. The average molecular weight is 433 g/mol. The zero-order valence-electron chi connectivity index (χ0n) is 17.4. The molecule has 0 fully saturated rings. The Labute approximate surface area is 184 Å². The second-order valence-electron chi connectivity index (χ2n) is 7.12. The summed E-state index contributed by atoms with van der Waals surface area (Å²) in [6.07, 6.45) is 0. The van der Waals surface area contributed by atoms with Crippen LogP contribution in [0.3, 0.4) is 0 Å². The smallest absolute Gasteiger partial charge is 0.274 e. The van der Waals surface area contributed by atoms with E-state index in [1.807, 2.05) is 19.1 Å². The maximum absolute atomic E-state index is 12.7. The van der Waals surface area contributed by atoms with E-state index in [2.05, 4.69) is 10.6 Å². The van der Waals surface area contributed by atoms with Crippen molar-refractivity contribution in [3.8, 4) is 11.1 Å². The van der Waals surface area contributed by atoms with Crippen LogP contribution in [0.25, 0.3) is 11.1 Å². The van der Waals surface area contributed by atoms with Crippen LogP contribution < -0.4 is 16.1 Å². The lowest BCUT2D eigenvalue weighted by Crippen LogP contribution is -2.26. The first-order chi connectivity index (χ1) is 15.4. The SMILES string of the molecule is Cc1ccc(C(=O)Nc2cc(C(=O)NCCO)cc(-c3ccc(C(=O)NO)cc3)c2)cc1. The van der Waals surface area contributed by atoms with Gasteiger partial charge in [-0.3, -0.25) is 19.6 Å².